The van der Waals surface area contributed by atoms with Crippen molar-refractivity contribution in [3.05, 3.63) is 0 Å². The number of ether oxygens (including phenoxy) is 1. The standard InChI is InChI=1S/C14H27N3O/c1-14(12-15,16-2)8-6-9-17(3)11-13-7-4-5-10-18-13/h13,16H,4-11H2,1-3H3. The molecule has 0 aliphatic carbocycles. The van der Waals surface area contributed by atoms with E-state index in [0.29, 0.717) is 6.10 Å². The van der Waals surface area contributed by atoms with Crippen molar-refractivity contribution in [1.82, 2.24) is 10.2 Å². The lowest BCUT2D eigenvalue weighted by molar-refractivity contribution is -0.00171. The average molecular weight is 253 g/mol. The molecule has 1 rings (SSSR count). The number of nitriles is 1. The molecule has 1 saturated heterocycles. The summed E-state index contributed by atoms with van der Waals surface area (Å²) >= 11 is 0. The maximum Gasteiger partial charge on any atom is 0.103 e. The van der Waals surface area contributed by atoms with Gasteiger partial charge in [-0.15, -0.1) is 0 Å². The van der Waals surface area contributed by atoms with Gasteiger partial charge in [-0.05, 0) is 59.7 Å². The summed E-state index contributed by atoms with van der Waals surface area (Å²) in [5.41, 5.74) is -0.387. The van der Waals surface area contributed by atoms with Crippen LogP contribution < -0.4 is 5.32 Å². The van der Waals surface area contributed by atoms with Crippen LogP contribution in [0.3, 0.4) is 0 Å². The van der Waals surface area contributed by atoms with Crippen LogP contribution in [0.5, 0.6) is 0 Å². The van der Waals surface area contributed by atoms with Gasteiger partial charge in [-0.25, -0.2) is 0 Å². The summed E-state index contributed by atoms with van der Waals surface area (Å²) in [6.07, 6.45) is 6.03. The van der Waals surface area contributed by atoms with Gasteiger partial charge >= 0.3 is 0 Å². The second-order valence-corrected chi connectivity index (χ2v) is 5.55. The smallest absolute Gasteiger partial charge is 0.103 e. The molecule has 0 radical (unpaired) electrons. The zero-order valence-electron chi connectivity index (χ0n) is 12.0. The van der Waals surface area contributed by atoms with E-state index in [0.717, 1.165) is 32.5 Å². The first kappa shape index (κ1) is 15.4. The Balaban J connectivity index is 2.16. The highest BCUT2D eigenvalue weighted by Gasteiger charge is 2.21. The maximum absolute atomic E-state index is 9.07. The summed E-state index contributed by atoms with van der Waals surface area (Å²) < 4.78 is 5.73. The molecule has 0 bridgehead atoms. The van der Waals surface area contributed by atoms with E-state index in [9.17, 15) is 0 Å². The van der Waals surface area contributed by atoms with Crippen LogP contribution in [0, 0.1) is 11.3 Å². The minimum atomic E-state index is -0.387. The maximum atomic E-state index is 9.07. The van der Waals surface area contributed by atoms with E-state index in [1.807, 2.05) is 14.0 Å². The molecule has 104 valence electrons. The first-order valence-corrected chi connectivity index (χ1v) is 7.00. The van der Waals surface area contributed by atoms with Crippen molar-refractivity contribution in [3.8, 4) is 6.07 Å². The number of hydrogen-bond acceptors (Lipinski definition) is 4. The lowest BCUT2D eigenvalue weighted by Gasteiger charge is -2.28. The first-order valence-electron chi connectivity index (χ1n) is 7.00. The SMILES string of the molecule is CNC(C)(C#N)CCCN(C)CC1CCCCO1. The second kappa shape index (κ2) is 7.73. The largest absolute Gasteiger partial charge is 0.377 e. The minimum Gasteiger partial charge on any atom is -0.377 e. The van der Waals surface area contributed by atoms with Crippen molar-refractivity contribution in [1.29, 1.82) is 5.26 Å². The zero-order chi connectivity index (χ0) is 13.4. The van der Waals surface area contributed by atoms with Crippen LogP contribution in [-0.2, 0) is 4.74 Å². The number of likely N-dealkylation sites (N-methyl/N-ethyl adjacent to an activating group) is 1. The molecule has 2 unspecified atom stereocenters. The van der Waals surface area contributed by atoms with Gasteiger partial charge in [-0.2, -0.15) is 5.26 Å². The Morgan fingerprint density at radius 2 is 2.28 bits per heavy atom. The third-order valence-electron chi connectivity index (χ3n) is 3.80. The monoisotopic (exact) mass is 253 g/mol. The Hall–Kier alpha value is -0.630. The minimum absolute atomic E-state index is 0.387. The third kappa shape index (κ3) is 5.34. The van der Waals surface area contributed by atoms with Gasteiger partial charge in [-0.1, -0.05) is 0 Å². The van der Waals surface area contributed by atoms with E-state index in [4.69, 9.17) is 10.00 Å². The Labute approximate surface area is 111 Å². The topological polar surface area (TPSA) is 48.3 Å². The first-order chi connectivity index (χ1) is 8.59. The summed E-state index contributed by atoms with van der Waals surface area (Å²) in [5, 5.41) is 12.1. The Kier molecular flexibility index (Phi) is 6.62. The number of rotatable bonds is 7. The van der Waals surface area contributed by atoms with Crippen molar-refractivity contribution >= 4 is 0 Å². The summed E-state index contributed by atoms with van der Waals surface area (Å²) in [4.78, 5) is 2.32. The van der Waals surface area contributed by atoms with Crippen LogP contribution in [0.4, 0.5) is 0 Å². The Morgan fingerprint density at radius 3 is 2.83 bits per heavy atom. The lowest BCUT2D eigenvalue weighted by atomic mass is 9.98. The van der Waals surface area contributed by atoms with E-state index in [1.165, 1.54) is 19.3 Å². The molecule has 0 aromatic carbocycles. The van der Waals surface area contributed by atoms with Gasteiger partial charge in [0.05, 0.1) is 12.2 Å². The summed E-state index contributed by atoms with van der Waals surface area (Å²) in [6.45, 7) is 4.92. The van der Waals surface area contributed by atoms with Crippen LogP contribution >= 0.6 is 0 Å². The van der Waals surface area contributed by atoms with E-state index < -0.39 is 0 Å². The van der Waals surface area contributed by atoms with Gasteiger partial charge in [0.15, 0.2) is 0 Å². The van der Waals surface area contributed by atoms with Crippen molar-refractivity contribution in [2.75, 3.05) is 33.8 Å². The van der Waals surface area contributed by atoms with Crippen molar-refractivity contribution < 1.29 is 4.74 Å². The number of hydrogen-bond donors (Lipinski definition) is 1. The van der Waals surface area contributed by atoms with Gasteiger partial charge in [0.25, 0.3) is 0 Å². The molecule has 2 atom stereocenters. The molecular weight excluding hydrogens is 226 g/mol. The van der Waals surface area contributed by atoms with Crippen molar-refractivity contribution in [3.63, 3.8) is 0 Å². The molecule has 4 heteroatoms. The molecule has 0 aromatic heterocycles. The van der Waals surface area contributed by atoms with Gasteiger partial charge in [-0.3, -0.25) is 0 Å². The zero-order valence-corrected chi connectivity index (χ0v) is 12.0. The van der Waals surface area contributed by atoms with Gasteiger partial charge in [0.2, 0.25) is 0 Å². The molecule has 1 aliphatic rings. The number of nitrogens with one attached hydrogen (secondary N) is 1. The van der Waals surface area contributed by atoms with Crippen LogP contribution in [0.15, 0.2) is 0 Å². The molecule has 4 nitrogen and oxygen atoms in total. The van der Waals surface area contributed by atoms with Crippen LogP contribution in [0.25, 0.3) is 0 Å². The molecule has 1 aliphatic heterocycles. The average Bonchev–Trinajstić information content (AvgIpc) is 2.39. The van der Waals surface area contributed by atoms with E-state index in [-0.39, 0.29) is 5.54 Å². The molecule has 0 spiro atoms. The quantitative estimate of drug-likeness (QED) is 0.751. The fourth-order valence-corrected chi connectivity index (χ4v) is 2.33. The normalized spacial score (nSPS) is 23.6. The second-order valence-electron chi connectivity index (χ2n) is 5.55. The van der Waals surface area contributed by atoms with Crippen LogP contribution in [-0.4, -0.2) is 50.3 Å². The molecule has 1 fully saturated rings. The molecule has 1 N–H and O–H groups in total. The summed E-state index contributed by atoms with van der Waals surface area (Å²) in [6, 6.07) is 2.33. The van der Waals surface area contributed by atoms with E-state index >= 15 is 0 Å². The molecule has 1 heterocycles. The highest BCUT2D eigenvalue weighted by atomic mass is 16.5. The Bertz CT molecular complexity index is 271. The highest BCUT2D eigenvalue weighted by molar-refractivity contribution is 5.02. The Morgan fingerprint density at radius 1 is 1.50 bits per heavy atom. The summed E-state index contributed by atoms with van der Waals surface area (Å²) in [7, 11) is 3.99. The van der Waals surface area contributed by atoms with Crippen molar-refractivity contribution in [2.45, 2.75) is 50.7 Å². The van der Waals surface area contributed by atoms with Crippen LogP contribution in [0.2, 0.25) is 0 Å². The fraction of sp³-hybridized carbons (Fsp3) is 0.929. The highest BCUT2D eigenvalue weighted by Crippen LogP contribution is 2.14. The van der Waals surface area contributed by atoms with Gasteiger partial charge in [0, 0.05) is 13.2 Å². The number of nitrogens with zero attached hydrogens (tertiary/aromatic N) is 2. The van der Waals surface area contributed by atoms with E-state index in [1.54, 1.807) is 0 Å². The molecule has 0 amide bonds. The third-order valence-corrected chi connectivity index (χ3v) is 3.80. The molecule has 0 aromatic rings. The van der Waals surface area contributed by atoms with Crippen molar-refractivity contribution in [2.24, 2.45) is 0 Å². The predicted molar refractivity (Wildman–Crippen MR) is 73.4 cm³/mol. The molecule has 18 heavy (non-hydrogen) atoms. The van der Waals surface area contributed by atoms with Gasteiger partial charge in [0.1, 0.15) is 5.54 Å². The molecule has 0 saturated carbocycles. The fourth-order valence-electron chi connectivity index (χ4n) is 2.33. The van der Waals surface area contributed by atoms with Crippen LogP contribution in [0.1, 0.15) is 39.0 Å². The lowest BCUT2D eigenvalue weighted by Crippen LogP contribution is -2.39. The molecular formula is C14H27N3O. The predicted octanol–water partition coefficient (Wildman–Crippen LogP) is 1.77. The van der Waals surface area contributed by atoms with E-state index in [2.05, 4.69) is 23.3 Å². The van der Waals surface area contributed by atoms with Gasteiger partial charge < -0.3 is 15.0 Å². The summed E-state index contributed by atoms with van der Waals surface area (Å²) in [5.74, 6) is 0.